The first-order valence-corrected chi connectivity index (χ1v) is 4.27. The summed E-state index contributed by atoms with van der Waals surface area (Å²) in [6.45, 7) is 1.93. The summed E-state index contributed by atoms with van der Waals surface area (Å²) >= 11 is 0. The molecule has 0 aliphatic heterocycles. The largest absolute Gasteiger partial charge is 0.573 e. The molecule has 0 atom stereocenters. The van der Waals surface area contributed by atoms with Crippen LogP contribution in [0.25, 0.3) is 0 Å². The quantitative estimate of drug-likeness (QED) is 0.789. The van der Waals surface area contributed by atoms with E-state index in [9.17, 15) is 13.2 Å². The molecule has 0 fully saturated rings. The van der Waals surface area contributed by atoms with Crippen LogP contribution in [0.3, 0.4) is 0 Å². The number of benzene rings is 1. The zero-order chi connectivity index (χ0) is 12.6. The van der Waals surface area contributed by atoms with Gasteiger partial charge < -0.3 is 4.74 Å². The summed E-state index contributed by atoms with van der Waals surface area (Å²) in [5.74, 6) is -0.176. The fraction of sp³-hybridized carbons (Fsp3) is 0.300. The molecule has 1 aromatic rings. The maximum atomic E-state index is 11.7. The van der Waals surface area contributed by atoms with Crippen molar-refractivity contribution in [2.75, 3.05) is 0 Å². The van der Waals surface area contributed by atoms with Gasteiger partial charge in [0.2, 0.25) is 0 Å². The first-order chi connectivity index (χ1) is 7.42. The highest BCUT2D eigenvalue weighted by molar-refractivity contribution is 5.27. The van der Waals surface area contributed by atoms with E-state index in [2.05, 4.69) is 4.74 Å². The number of rotatable bonds is 2. The van der Waals surface area contributed by atoms with Gasteiger partial charge in [0.25, 0.3) is 0 Å². The smallest absolute Gasteiger partial charge is 0.406 e. The zero-order valence-corrected chi connectivity index (χ0v) is 8.38. The summed E-state index contributed by atoms with van der Waals surface area (Å²) < 4.78 is 38.8. The molecule has 0 aliphatic carbocycles. The van der Waals surface area contributed by atoms with Crippen LogP contribution in [0.5, 0.6) is 5.75 Å². The third-order valence-corrected chi connectivity index (χ3v) is 1.57. The minimum absolute atomic E-state index is 0.176. The maximum absolute atomic E-state index is 11.7. The van der Waals surface area contributed by atoms with Crippen LogP contribution in [-0.4, -0.2) is 12.5 Å². The molecule has 0 amide bonds. The molecule has 0 saturated carbocycles. The van der Waals surface area contributed by atoms with Crippen molar-refractivity contribution in [2.45, 2.75) is 19.7 Å². The molecule has 0 unspecified atom stereocenters. The number of ether oxygens (including phenoxy) is 1. The molecule has 0 spiro atoms. The molecule has 0 aliphatic rings. The van der Waals surface area contributed by atoms with Crippen molar-refractivity contribution in [3.05, 3.63) is 29.8 Å². The minimum atomic E-state index is -4.60. The Hall–Kier alpha value is -1.81. The Morgan fingerprint density at radius 1 is 1.19 bits per heavy atom. The normalized spacial score (nSPS) is 9.75. The number of aryl methyl sites for hydroxylation is 1. The van der Waals surface area contributed by atoms with Gasteiger partial charge in [-0.15, -0.1) is 13.2 Å². The summed E-state index contributed by atoms with van der Waals surface area (Å²) in [6.07, 6.45) is -3.56. The summed E-state index contributed by atoms with van der Waals surface area (Å²) in [5, 5.41) is 0. The van der Waals surface area contributed by atoms with Gasteiger partial charge in [-0.2, -0.15) is 9.59 Å². The van der Waals surface area contributed by atoms with Crippen LogP contribution in [0.1, 0.15) is 12.5 Å². The van der Waals surface area contributed by atoms with Gasteiger partial charge in [-0.3, -0.25) is 0 Å². The van der Waals surface area contributed by atoms with E-state index in [4.69, 9.17) is 9.59 Å². The summed E-state index contributed by atoms with van der Waals surface area (Å²) in [4.78, 5) is 16.2. The third kappa shape index (κ3) is 6.62. The molecule has 0 bridgehead atoms. The second kappa shape index (κ2) is 6.63. The number of alkyl halides is 3. The molecular formula is C10H9F3O3. The Kier molecular flexibility index (Phi) is 5.88. The Morgan fingerprint density at radius 2 is 1.62 bits per heavy atom. The lowest BCUT2D eigenvalue weighted by Gasteiger charge is -2.08. The average molecular weight is 234 g/mol. The molecule has 0 saturated heterocycles. The van der Waals surface area contributed by atoms with E-state index >= 15 is 0 Å². The van der Waals surface area contributed by atoms with Crippen LogP contribution < -0.4 is 4.74 Å². The first kappa shape index (κ1) is 14.2. The van der Waals surface area contributed by atoms with E-state index in [1.165, 1.54) is 12.1 Å². The van der Waals surface area contributed by atoms with Gasteiger partial charge in [-0.05, 0) is 24.1 Å². The SMILES string of the molecule is CCc1ccc(OC(F)(F)F)cc1.O=C=O. The average Bonchev–Trinajstić information content (AvgIpc) is 2.18. The van der Waals surface area contributed by atoms with Crippen molar-refractivity contribution >= 4 is 6.15 Å². The van der Waals surface area contributed by atoms with Crippen LogP contribution in [0, 0.1) is 0 Å². The van der Waals surface area contributed by atoms with Crippen LogP contribution in [0.15, 0.2) is 24.3 Å². The highest BCUT2D eigenvalue weighted by atomic mass is 19.4. The summed E-state index contributed by atoms with van der Waals surface area (Å²) in [6, 6.07) is 5.85. The minimum Gasteiger partial charge on any atom is -0.406 e. The highest BCUT2D eigenvalue weighted by Gasteiger charge is 2.30. The Balaban J connectivity index is 0.000000673. The van der Waals surface area contributed by atoms with Crippen LogP contribution in [0.2, 0.25) is 0 Å². The van der Waals surface area contributed by atoms with Gasteiger partial charge in [0, 0.05) is 0 Å². The molecule has 0 aromatic heterocycles. The molecule has 1 rings (SSSR count). The first-order valence-electron chi connectivity index (χ1n) is 4.27. The molecule has 6 heteroatoms. The van der Waals surface area contributed by atoms with Crippen molar-refractivity contribution in [3.8, 4) is 5.75 Å². The second-order valence-corrected chi connectivity index (χ2v) is 2.63. The standard InChI is InChI=1S/C9H9F3O.CO2/c1-2-7-3-5-8(6-4-7)13-9(10,11)12;2-1-3/h3-6H,2H2,1H3;. The molecule has 88 valence electrons. The molecule has 0 N–H and O–H groups in total. The summed E-state index contributed by atoms with van der Waals surface area (Å²) in [7, 11) is 0. The fourth-order valence-corrected chi connectivity index (χ4v) is 0.927. The number of hydrogen-bond acceptors (Lipinski definition) is 3. The van der Waals surface area contributed by atoms with E-state index in [-0.39, 0.29) is 11.9 Å². The van der Waals surface area contributed by atoms with E-state index in [1.54, 1.807) is 12.1 Å². The zero-order valence-electron chi connectivity index (χ0n) is 8.38. The summed E-state index contributed by atoms with van der Waals surface area (Å²) in [5.41, 5.74) is 0.981. The van der Waals surface area contributed by atoms with Crippen LogP contribution in [-0.2, 0) is 16.0 Å². The topological polar surface area (TPSA) is 43.4 Å². The molecule has 1 aromatic carbocycles. The Bertz CT molecular complexity index is 337. The number of halogens is 3. The van der Waals surface area contributed by atoms with E-state index in [0.29, 0.717) is 0 Å². The van der Waals surface area contributed by atoms with Crippen molar-refractivity contribution in [3.63, 3.8) is 0 Å². The van der Waals surface area contributed by atoms with Crippen LogP contribution >= 0.6 is 0 Å². The monoisotopic (exact) mass is 234 g/mol. The number of carbonyl (C=O) groups excluding carboxylic acids is 2. The van der Waals surface area contributed by atoms with Crippen LogP contribution in [0.4, 0.5) is 13.2 Å². The Morgan fingerprint density at radius 3 is 1.94 bits per heavy atom. The molecule has 3 nitrogen and oxygen atoms in total. The van der Waals surface area contributed by atoms with Gasteiger partial charge in [0.1, 0.15) is 5.75 Å². The molecule has 0 radical (unpaired) electrons. The van der Waals surface area contributed by atoms with Gasteiger partial charge in [0.05, 0.1) is 0 Å². The van der Waals surface area contributed by atoms with Gasteiger partial charge in [0.15, 0.2) is 0 Å². The van der Waals surface area contributed by atoms with Crippen molar-refractivity contribution in [1.29, 1.82) is 0 Å². The number of hydrogen-bond donors (Lipinski definition) is 0. The molecular weight excluding hydrogens is 225 g/mol. The van der Waals surface area contributed by atoms with E-state index in [0.717, 1.165) is 12.0 Å². The van der Waals surface area contributed by atoms with E-state index < -0.39 is 6.36 Å². The second-order valence-electron chi connectivity index (χ2n) is 2.63. The highest BCUT2D eigenvalue weighted by Crippen LogP contribution is 2.22. The van der Waals surface area contributed by atoms with Crippen molar-refractivity contribution < 1.29 is 27.5 Å². The Labute approximate surface area is 89.8 Å². The van der Waals surface area contributed by atoms with E-state index in [1.807, 2.05) is 6.92 Å². The van der Waals surface area contributed by atoms with Gasteiger partial charge in [-0.25, -0.2) is 0 Å². The predicted octanol–water partition coefficient (Wildman–Crippen LogP) is 2.56. The van der Waals surface area contributed by atoms with Gasteiger partial charge in [-0.1, -0.05) is 19.1 Å². The fourth-order valence-electron chi connectivity index (χ4n) is 0.927. The van der Waals surface area contributed by atoms with Crippen molar-refractivity contribution in [1.82, 2.24) is 0 Å². The predicted molar refractivity (Wildman–Crippen MR) is 47.5 cm³/mol. The lowest BCUT2D eigenvalue weighted by Crippen LogP contribution is -2.16. The molecule has 0 heterocycles. The lowest BCUT2D eigenvalue weighted by molar-refractivity contribution is -0.274. The lowest BCUT2D eigenvalue weighted by atomic mass is 10.2. The maximum Gasteiger partial charge on any atom is 0.573 e. The van der Waals surface area contributed by atoms with Gasteiger partial charge >= 0.3 is 12.5 Å². The third-order valence-electron chi connectivity index (χ3n) is 1.57. The van der Waals surface area contributed by atoms with Crippen molar-refractivity contribution in [2.24, 2.45) is 0 Å². The molecule has 16 heavy (non-hydrogen) atoms.